The Morgan fingerprint density at radius 1 is 1.14 bits per heavy atom. The fraction of sp³-hybridized carbons (Fsp3) is 0.579. The van der Waals surface area contributed by atoms with Crippen molar-refractivity contribution in [2.75, 3.05) is 32.8 Å². The van der Waals surface area contributed by atoms with Crippen LogP contribution in [0.15, 0.2) is 24.3 Å². The third kappa shape index (κ3) is 4.09. The quantitative estimate of drug-likeness (QED) is 0.829. The molecule has 0 saturated carbocycles. The summed E-state index contributed by atoms with van der Waals surface area (Å²) in [5.41, 5.74) is 1.18. The number of nitrogens with one attached hydrogen (secondary N) is 1. The Balaban J connectivity index is 1.29. The van der Waals surface area contributed by atoms with E-state index in [1.54, 1.807) is 21.9 Å². The normalized spacial score (nSPS) is 25.8. The standard InChI is InChI=1S/C19H22F3N3O3/c20-19(21,22)7-12-1-3-13(4-2-12)14-8-25(9-14)18(27)24-6-5-16-15(10-24)23-17(26)11-28-16/h1-4,14-16H,5-11H2,(H,23,26)/t15-,16-/m0/s1. The highest BCUT2D eigenvalue weighted by molar-refractivity contribution is 5.79. The summed E-state index contributed by atoms with van der Waals surface area (Å²) < 4.78 is 42.8. The number of fused-ring (bicyclic) bond motifs is 1. The van der Waals surface area contributed by atoms with Gasteiger partial charge in [-0.2, -0.15) is 13.2 Å². The number of halogens is 3. The molecule has 0 bridgehead atoms. The van der Waals surface area contributed by atoms with Gasteiger partial charge in [-0.1, -0.05) is 24.3 Å². The summed E-state index contributed by atoms with van der Waals surface area (Å²) in [4.78, 5) is 27.7. The zero-order valence-electron chi connectivity index (χ0n) is 15.2. The average molecular weight is 397 g/mol. The first-order chi connectivity index (χ1) is 13.3. The van der Waals surface area contributed by atoms with Gasteiger partial charge in [0.25, 0.3) is 0 Å². The third-order valence-electron chi connectivity index (χ3n) is 5.60. The molecule has 3 aliphatic rings. The number of ether oxygens (including phenoxy) is 1. The predicted octanol–water partition coefficient (Wildman–Crippen LogP) is 1.90. The van der Waals surface area contributed by atoms with Crippen LogP contribution in [0.1, 0.15) is 23.5 Å². The van der Waals surface area contributed by atoms with Crippen molar-refractivity contribution in [3.8, 4) is 0 Å². The molecule has 1 N–H and O–H groups in total. The molecule has 3 amide bonds. The van der Waals surface area contributed by atoms with Crippen molar-refractivity contribution in [2.24, 2.45) is 0 Å². The Morgan fingerprint density at radius 2 is 1.86 bits per heavy atom. The number of rotatable bonds is 2. The summed E-state index contributed by atoms with van der Waals surface area (Å²) in [6.45, 7) is 2.19. The number of hydrogen-bond donors (Lipinski definition) is 1. The van der Waals surface area contributed by atoms with Crippen molar-refractivity contribution in [3.63, 3.8) is 0 Å². The van der Waals surface area contributed by atoms with Gasteiger partial charge in [-0.05, 0) is 17.5 Å². The molecule has 3 saturated heterocycles. The number of urea groups is 1. The van der Waals surface area contributed by atoms with Gasteiger partial charge in [-0.3, -0.25) is 4.79 Å². The van der Waals surface area contributed by atoms with Gasteiger partial charge >= 0.3 is 12.2 Å². The van der Waals surface area contributed by atoms with Crippen molar-refractivity contribution >= 4 is 11.9 Å². The fourth-order valence-corrected chi connectivity index (χ4v) is 4.06. The van der Waals surface area contributed by atoms with Gasteiger partial charge in [0.2, 0.25) is 5.91 Å². The number of alkyl halides is 3. The van der Waals surface area contributed by atoms with Crippen molar-refractivity contribution in [2.45, 2.75) is 37.1 Å². The molecule has 4 rings (SSSR count). The third-order valence-corrected chi connectivity index (χ3v) is 5.60. The molecule has 152 valence electrons. The Bertz CT molecular complexity index is 747. The molecule has 3 heterocycles. The number of likely N-dealkylation sites (tertiary alicyclic amines) is 2. The molecule has 28 heavy (non-hydrogen) atoms. The van der Waals surface area contributed by atoms with Crippen LogP contribution < -0.4 is 5.32 Å². The van der Waals surface area contributed by atoms with Crippen LogP contribution in [0.2, 0.25) is 0 Å². The number of hydrogen-bond acceptors (Lipinski definition) is 3. The van der Waals surface area contributed by atoms with Crippen molar-refractivity contribution in [1.29, 1.82) is 0 Å². The number of morpholine rings is 1. The maximum atomic E-state index is 12.7. The molecule has 6 nitrogen and oxygen atoms in total. The molecule has 0 aliphatic carbocycles. The minimum Gasteiger partial charge on any atom is -0.366 e. The maximum absolute atomic E-state index is 12.7. The lowest BCUT2D eigenvalue weighted by molar-refractivity contribution is -0.139. The van der Waals surface area contributed by atoms with Crippen LogP contribution in [-0.2, 0) is 16.0 Å². The molecular weight excluding hydrogens is 375 g/mol. The molecule has 1 aromatic carbocycles. The van der Waals surface area contributed by atoms with Crippen LogP contribution in [0.25, 0.3) is 0 Å². The van der Waals surface area contributed by atoms with E-state index in [1.807, 2.05) is 0 Å². The van der Waals surface area contributed by atoms with Crippen molar-refractivity contribution < 1.29 is 27.5 Å². The molecule has 0 aromatic heterocycles. The van der Waals surface area contributed by atoms with E-state index in [2.05, 4.69) is 5.32 Å². The van der Waals surface area contributed by atoms with Gasteiger partial charge in [-0.25, -0.2) is 4.79 Å². The van der Waals surface area contributed by atoms with E-state index in [1.165, 1.54) is 12.1 Å². The van der Waals surface area contributed by atoms with Crippen LogP contribution in [0.3, 0.4) is 0 Å². The van der Waals surface area contributed by atoms with Crippen molar-refractivity contribution in [1.82, 2.24) is 15.1 Å². The largest absolute Gasteiger partial charge is 0.393 e. The highest BCUT2D eigenvalue weighted by atomic mass is 19.4. The highest BCUT2D eigenvalue weighted by Gasteiger charge is 2.40. The summed E-state index contributed by atoms with van der Waals surface area (Å²) in [5.74, 6) is -0.0207. The molecule has 0 unspecified atom stereocenters. The number of amides is 3. The lowest BCUT2D eigenvalue weighted by atomic mass is 9.90. The smallest absolute Gasteiger partial charge is 0.366 e. The first-order valence-corrected chi connectivity index (χ1v) is 9.39. The van der Waals surface area contributed by atoms with Gasteiger partial charge in [-0.15, -0.1) is 0 Å². The summed E-state index contributed by atoms with van der Waals surface area (Å²) in [5, 5.41) is 2.88. The van der Waals surface area contributed by atoms with E-state index in [4.69, 9.17) is 4.74 Å². The number of carbonyl (C=O) groups is 2. The molecule has 3 aliphatic heterocycles. The number of piperidine rings is 1. The minimum absolute atomic E-state index is 0.0406. The Labute approximate surface area is 160 Å². The summed E-state index contributed by atoms with van der Waals surface area (Å²) >= 11 is 0. The number of benzene rings is 1. The fourth-order valence-electron chi connectivity index (χ4n) is 4.06. The topological polar surface area (TPSA) is 61.9 Å². The van der Waals surface area contributed by atoms with Gasteiger partial charge in [0.05, 0.1) is 18.6 Å². The second kappa shape index (κ2) is 7.27. The van der Waals surface area contributed by atoms with Crippen LogP contribution in [0.5, 0.6) is 0 Å². The lowest BCUT2D eigenvalue weighted by Crippen LogP contribution is -2.63. The first-order valence-electron chi connectivity index (χ1n) is 9.39. The zero-order valence-corrected chi connectivity index (χ0v) is 15.2. The lowest BCUT2D eigenvalue weighted by Gasteiger charge is -2.46. The average Bonchev–Trinajstić information content (AvgIpc) is 2.60. The molecule has 3 fully saturated rings. The molecule has 9 heteroatoms. The van der Waals surface area contributed by atoms with Gasteiger partial charge in [0, 0.05) is 32.1 Å². The van der Waals surface area contributed by atoms with E-state index in [9.17, 15) is 22.8 Å². The summed E-state index contributed by atoms with van der Waals surface area (Å²) in [6.07, 6.45) is -4.49. The number of nitrogens with zero attached hydrogens (tertiary/aromatic N) is 2. The SMILES string of the molecule is O=C1CO[C@H]2CCN(C(=O)N3CC(c4ccc(CC(F)(F)F)cc4)C3)C[C@@H]2N1. The van der Waals surface area contributed by atoms with E-state index in [-0.39, 0.29) is 42.2 Å². The van der Waals surface area contributed by atoms with E-state index in [0.717, 1.165) is 5.56 Å². The van der Waals surface area contributed by atoms with Crippen molar-refractivity contribution in [3.05, 3.63) is 35.4 Å². The minimum atomic E-state index is -4.21. The second-order valence-electron chi connectivity index (χ2n) is 7.68. The summed E-state index contributed by atoms with van der Waals surface area (Å²) in [6, 6.07) is 6.20. The predicted molar refractivity (Wildman–Crippen MR) is 93.8 cm³/mol. The van der Waals surface area contributed by atoms with E-state index < -0.39 is 12.6 Å². The second-order valence-corrected chi connectivity index (χ2v) is 7.68. The molecular formula is C19H22F3N3O3. The van der Waals surface area contributed by atoms with Gasteiger partial charge in [0.15, 0.2) is 0 Å². The maximum Gasteiger partial charge on any atom is 0.393 e. The van der Waals surface area contributed by atoms with E-state index in [0.29, 0.717) is 32.6 Å². The zero-order chi connectivity index (χ0) is 19.9. The molecule has 2 atom stereocenters. The Hall–Kier alpha value is -2.29. The summed E-state index contributed by atoms with van der Waals surface area (Å²) in [7, 11) is 0. The molecule has 0 spiro atoms. The van der Waals surface area contributed by atoms with Crippen LogP contribution in [-0.4, -0.2) is 72.8 Å². The van der Waals surface area contributed by atoms with E-state index >= 15 is 0 Å². The van der Waals surface area contributed by atoms with Gasteiger partial charge in [0.1, 0.15) is 6.61 Å². The highest BCUT2D eigenvalue weighted by Crippen LogP contribution is 2.30. The molecule has 1 aromatic rings. The Kier molecular flexibility index (Phi) is 4.95. The first kappa shape index (κ1) is 19.0. The van der Waals surface area contributed by atoms with Gasteiger partial charge < -0.3 is 19.9 Å². The molecule has 0 radical (unpaired) electrons. The van der Waals surface area contributed by atoms with Crippen LogP contribution in [0.4, 0.5) is 18.0 Å². The van der Waals surface area contributed by atoms with Crippen LogP contribution in [0, 0.1) is 0 Å². The van der Waals surface area contributed by atoms with Crippen LogP contribution >= 0.6 is 0 Å². The Morgan fingerprint density at radius 3 is 2.54 bits per heavy atom. The number of carbonyl (C=O) groups excluding carboxylic acids is 2. The monoisotopic (exact) mass is 397 g/mol.